The highest BCUT2D eigenvalue weighted by atomic mass is 31.2. The molecule has 0 spiro atoms. The van der Waals surface area contributed by atoms with Crippen molar-refractivity contribution in [3.63, 3.8) is 0 Å². The molecule has 0 heterocycles. The van der Waals surface area contributed by atoms with E-state index >= 15 is 0 Å². The van der Waals surface area contributed by atoms with Gasteiger partial charge in [0.15, 0.2) is 0 Å². The highest BCUT2D eigenvalue weighted by Gasteiger charge is 2.27. The number of nitrogens with zero attached hydrogens (tertiary/aromatic N) is 2. The summed E-state index contributed by atoms with van der Waals surface area (Å²) in [5, 5.41) is 15.1. The van der Waals surface area contributed by atoms with Crippen LogP contribution in [0.2, 0.25) is 0 Å². The van der Waals surface area contributed by atoms with Gasteiger partial charge in [-0.3, -0.25) is 23.2 Å². The second kappa shape index (κ2) is 23.9. The molecule has 1 atom stereocenters. The molecule has 1 rings (SSSR count). The fraction of sp³-hybridized carbons (Fsp3) is 0.600. The van der Waals surface area contributed by atoms with Crippen molar-refractivity contribution < 1.29 is 37.3 Å². The van der Waals surface area contributed by atoms with Crippen LogP contribution in [0.3, 0.4) is 0 Å². The number of carbonyl (C=O) groups excluding carboxylic acids is 2. The van der Waals surface area contributed by atoms with Crippen molar-refractivity contribution in [2.75, 3.05) is 40.1 Å². The third-order valence-electron chi connectivity index (χ3n) is 7.27. The fourth-order valence-corrected chi connectivity index (χ4v) is 5.78. The minimum absolute atomic E-state index is 0.00872. The summed E-state index contributed by atoms with van der Waals surface area (Å²) < 4.78 is 33.6. The van der Waals surface area contributed by atoms with Crippen LogP contribution >= 0.6 is 7.82 Å². The van der Waals surface area contributed by atoms with Gasteiger partial charge in [-0.05, 0) is 81.9 Å². The van der Waals surface area contributed by atoms with E-state index < -0.39 is 13.8 Å². The minimum Gasteiger partial charge on any atom is -0.463 e. The van der Waals surface area contributed by atoms with E-state index in [1.165, 1.54) is 43.0 Å². The van der Waals surface area contributed by atoms with Crippen LogP contribution in [-0.4, -0.2) is 58.2 Å². The number of allylic oxidation sites excluding steroid dienone is 10. The number of oxime groups is 1. The standard InChI is InChI=1S/C35H54N3O8P/c1-29(16-17-32-31(3)15-11-21-35(32,4)5)13-10-14-30(2)20-23-38-43-24-8-7-9-25-44-47(41,45-26-12-22-36)46-28-27-42-34(40)19-18-33(39)37-6/h10,13-14,16-17,20,23H,7-9,11-12,15,18-19,21,24-28H2,1-6H3,(H,37,39)/b14-10+,17-16+,29-13+,30-20+,38-23?. The van der Waals surface area contributed by atoms with Gasteiger partial charge < -0.3 is 14.9 Å². The fourth-order valence-electron chi connectivity index (χ4n) is 4.59. The van der Waals surface area contributed by atoms with Gasteiger partial charge in [-0.25, -0.2) is 4.57 Å². The smallest absolute Gasteiger partial charge is 0.463 e. The third-order valence-corrected chi connectivity index (χ3v) is 8.77. The summed E-state index contributed by atoms with van der Waals surface area (Å²) in [6, 6.07) is 1.89. The SMILES string of the molecule is CNC(=O)CCC(=O)OCCOP(=O)(OCCC#N)OCCCCCON=C/C=C(C)/C=C/C=C(C)/C=C/C1=C(C)CCCC1(C)C. The van der Waals surface area contributed by atoms with Gasteiger partial charge in [0, 0.05) is 13.5 Å². The van der Waals surface area contributed by atoms with Crippen molar-refractivity contribution in [3.8, 4) is 6.07 Å². The first-order valence-electron chi connectivity index (χ1n) is 16.2. The van der Waals surface area contributed by atoms with Crippen LogP contribution in [0.25, 0.3) is 0 Å². The zero-order valence-corrected chi connectivity index (χ0v) is 29.9. The van der Waals surface area contributed by atoms with E-state index in [-0.39, 0.29) is 57.0 Å². The van der Waals surface area contributed by atoms with Gasteiger partial charge in [0.05, 0.1) is 44.9 Å². The molecule has 11 nitrogen and oxygen atoms in total. The zero-order chi connectivity index (χ0) is 35.0. The van der Waals surface area contributed by atoms with Crippen molar-refractivity contribution in [3.05, 3.63) is 58.7 Å². The summed E-state index contributed by atoms with van der Waals surface area (Å²) in [5.74, 6) is -0.858. The van der Waals surface area contributed by atoms with E-state index in [0.717, 1.165) is 12.0 Å². The first kappa shape index (κ1) is 41.7. The van der Waals surface area contributed by atoms with Crippen molar-refractivity contribution in [1.29, 1.82) is 5.26 Å². The van der Waals surface area contributed by atoms with Crippen molar-refractivity contribution in [2.24, 2.45) is 10.6 Å². The number of nitriles is 1. The maximum absolute atomic E-state index is 12.8. The topological polar surface area (TPSA) is 146 Å². The van der Waals surface area contributed by atoms with Crippen molar-refractivity contribution in [2.45, 2.75) is 92.4 Å². The molecule has 47 heavy (non-hydrogen) atoms. The summed E-state index contributed by atoms with van der Waals surface area (Å²) in [7, 11) is -2.46. The third kappa shape index (κ3) is 19.9. The summed E-state index contributed by atoms with van der Waals surface area (Å²) in [6.07, 6.45) is 19.7. The minimum atomic E-state index is -3.94. The van der Waals surface area contributed by atoms with Crippen LogP contribution < -0.4 is 5.32 Å². The Bertz CT molecular complexity index is 1260. The molecular weight excluding hydrogens is 621 g/mol. The van der Waals surface area contributed by atoms with E-state index in [1.54, 1.807) is 6.21 Å². The van der Waals surface area contributed by atoms with Crippen LogP contribution in [0.5, 0.6) is 0 Å². The lowest BCUT2D eigenvalue weighted by molar-refractivity contribution is -0.145. The Morgan fingerprint density at radius 3 is 2.40 bits per heavy atom. The maximum Gasteiger partial charge on any atom is 0.474 e. The molecule has 12 heteroatoms. The number of unbranched alkanes of at least 4 members (excludes halogenated alkanes) is 2. The first-order valence-corrected chi connectivity index (χ1v) is 17.7. The molecule has 0 aromatic rings. The van der Waals surface area contributed by atoms with Crippen LogP contribution in [-0.2, 0) is 37.3 Å². The molecule has 0 saturated heterocycles. The molecule has 0 aliphatic heterocycles. The number of amides is 1. The molecular formula is C35H54N3O8P. The van der Waals surface area contributed by atoms with Gasteiger partial charge in [0.2, 0.25) is 5.91 Å². The number of phosphoric acid groups is 1. The summed E-state index contributed by atoms with van der Waals surface area (Å²) >= 11 is 0. The number of carbonyl (C=O) groups is 2. The maximum atomic E-state index is 12.8. The number of nitrogens with one attached hydrogen (secondary N) is 1. The Kier molecular flexibility index (Phi) is 21.3. The summed E-state index contributed by atoms with van der Waals surface area (Å²) in [6.45, 7) is 11.0. The Labute approximate surface area is 281 Å². The molecule has 0 aromatic carbocycles. The first-order chi connectivity index (χ1) is 22.4. The lowest BCUT2D eigenvalue weighted by Crippen LogP contribution is -2.19. The molecule has 1 N–H and O–H groups in total. The predicted molar refractivity (Wildman–Crippen MR) is 184 cm³/mol. The molecule has 1 unspecified atom stereocenters. The molecule has 1 amide bonds. The van der Waals surface area contributed by atoms with Gasteiger partial charge in [-0.1, -0.05) is 60.5 Å². The van der Waals surface area contributed by atoms with Crippen LogP contribution in [0, 0.1) is 16.7 Å². The molecule has 0 saturated carbocycles. The van der Waals surface area contributed by atoms with Gasteiger partial charge in [0.1, 0.15) is 13.2 Å². The molecule has 1 aliphatic carbocycles. The molecule has 0 radical (unpaired) electrons. The van der Waals surface area contributed by atoms with E-state index in [4.69, 9.17) is 28.4 Å². The van der Waals surface area contributed by atoms with E-state index in [1.807, 2.05) is 31.2 Å². The zero-order valence-electron chi connectivity index (χ0n) is 29.0. The lowest BCUT2D eigenvalue weighted by atomic mass is 9.72. The average molecular weight is 676 g/mol. The van der Waals surface area contributed by atoms with Gasteiger partial charge >= 0.3 is 13.8 Å². The second-order valence-corrected chi connectivity index (χ2v) is 13.5. The van der Waals surface area contributed by atoms with Crippen molar-refractivity contribution >= 4 is 25.9 Å². The average Bonchev–Trinajstić information content (AvgIpc) is 3.02. The molecule has 1 aliphatic rings. The Morgan fingerprint density at radius 1 is 0.979 bits per heavy atom. The summed E-state index contributed by atoms with van der Waals surface area (Å²) in [5.41, 5.74) is 5.42. The normalized spacial score (nSPS) is 16.9. The number of ether oxygens (including phenoxy) is 1. The van der Waals surface area contributed by atoms with E-state index in [2.05, 4.69) is 56.4 Å². The van der Waals surface area contributed by atoms with E-state index in [0.29, 0.717) is 19.4 Å². The number of phosphoric ester groups is 1. The molecule has 0 bridgehead atoms. The second-order valence-electron chi connectivity index (χ2n) is 11.8. The number of hydrogen-bond donors (Lipinski definition) is 1. The van der Waals surface area contributed by atoms with Crippen LogP contribution in [0.1, 0.15) is 92.4 Å². The van der Waals surface area contributed by atoms with Gasteiger partial charge in [-0.2, -0.15) is 5.26 Å². The van der Waals surface area contributed by atoms with Crippen molar-refractivity contribution in [1.82, 2.24) is 5.32 Å². The Balaban J connectivity index is 2.32. The predicted octanol–water partition coefficient (Wildman–Crippen LogP) is 7.83. The Morgan fingerprint density at radius 2 is 1.68 bits per heavy atom. The molecule has 0 fully saturated rings. The number of hydrogen-bond acceptors (Lipinski definition) is 10. The highest BCUT2D eigenvalue weighted by Crippen LogP contribution is 2.49. The van der Waals surface area contributed by atoms with Gasteiger partial charge in [-0.15, -0.1) is 0 Å². The van der Waals surface area contributed by atoms with Gasteiger partial charge in [0.25, 0.3) is 0 Å². The van der Waals surface area contributed by atoms with Crippen LogP contribution in [0.4, 0.5) is 0 Å². The Hall–Kier alpha value is -3.29. The largest absolute Gasteiger partial charge is 0.474 e. The lowest BCUT2D eigenvalue weighted by Gasteiger charge is -2.32. The quantitative estimate of drug-likeness (QED) is 0.0286. The molecule has 262 valence electrons. The summed E-state index contributed by atoms with van der Waals surface area (Å²) in [4.78, 5) is 28.2. The highest BCUT2D eigenvalue weighted by molar-refractivity contribution is 7.48. The number of esters is 1. The van der Waals surface area contributed by atoms with E-state index in [9.17, 15) is 14.2 Å². The van der Waals surface area contributed by atoms with Crippen LogP contribution in [0.15, 0.2) is 63.9 Å². The monoisotopic (exact) mass is 675 g/mol. The number of rotatable bonds is 23. The molecule has 0 aromatic heterocycles.